The summed E-state index contributed by atoms with van der Waals surface area (Å²) < 4.78 is 0. The van der Waals surface area contributed by atoms with Crippen LogP contribution in [0.3, 0.4) is 0 Å². The van der Waals surface area contributed by atoms with Crippen LogP contribution in [0.1, 0.15) is 24.1 Å². The summed E-state index contributed by atoms with van der Waals surface area (Å²) >= 11 is 0. The van der Waals surface area contributed by atoms with E-state index in [0.717, 1.165) is 30.8 Å². The fourth-order valence-electron chi connectivity index (χ4n) is 3.24. The lowest BCUT2D eigenvalue weighted by molar-refractivity contribution is -0.00309. The molecule has 0 radical (unpaired) electrons. The van der Waals surface area contributed by atoms with E-state index in [1.807, 2.05) is 24.1 Å². The van der Waals surface area contributed by atoms with E-state index >= 15 is 0 Å². The maximum Gasteiger partial charge on any atom is 0.175 e. The number of benzene rings is 1. The molecule has 22 heavy (non-hydrogen) atoms. The first-order valence-electron chi connectivity index (χ1n) is 7.80. The zero-order valence-electron chi connectivity index (χ0n) is 12.6. The van der Waals surface area contributed by atoms with E-state index in [9.17, 15) is 0 Å². The van der Waals surface area contributed by atoms with Crippen LogP contribution in [0.15, 0.2) is 54.1 Å². The highest BCUT2D eigenvalue weighted by atomic mass is 16.7. The van der Waals surface area contributed by atoms with E-state index in [2.05, 4.69) is 46.6 Å². The second-order valence-corrected chi connectivity index (χ2v) is 6.00. The Kier molecular flexibility index (Phi) is 3.39. The molecule has 2 atom stereocenters. The highest BCUT2D eigenvalue weighted by Crippen LogP contribution is 2.36. The van der Waals surface area contributed by atoms with E-state index < -0.39 is 0 Å². The summed E-state index contributed by atoms with van der Waals surface area (Å²) in [5.41, 5.74) is 3.69. The van der Waals surface area contributed by atoms with Crippen LogP contribution in [0.25, 0.3) is 0 Å². The lowest BCUT2D eigenvalue weighted by atomic mass is 9.86. The van der Waals surface area contributed by atoms with Crippen molar-refractivity contribution in [2.24, 2.45) is 0 Å². The van der Waals surface area contributed by atoms with Gasteiger partial charge in [0.2, 0.25) is 0 Å². The van der Waals surface area contributed by atoms with E-state index in [4.69, 9.17) is 4.84 Å². The first kappa shape index (κ1) is 13.5. The zero-order chi connectivity index (χ0) is 14.9. The Morgan fingerprint density at radius 2 is 1.95 bits per heavy atom. The number of hydroxylamine groups is 1. The molecule has 112 valence electrons. The van der Waals surface area contributed by atoms with Crippen molar-refractivity contribution >= 4 is 5.82 Å². The van der Waals surface area contributed by atoms with Gasteiger partial charge in [0.05, 0.1) is 11.7 Å². The van der Waals surface area contributed by atoms with Gasteiger partial charge in [0, 0.05) is 0 Å². The molecule has 3 heterocycles. The van der Waals surface area contributed by atoms with Crippen LogP contribution in [-0.4, -0.2) is 22.3 Å². The highest BCUT2D eigenvalue weighted by molar-refractivity contribution is 5.43. The standard InChI is InChI=1S/C18H19N3O/c1-13-7-10-18(20-19-13)21-17-9-8-16(22-21)12-15(17)11-14-5-3-2-4-6-14/h2-7,10,12,16-17H,8-9,11H2,1H3. The molecule has 1 saturated heterocycles. The van der Waals surface area contributed by atoms with Crippen LogP contribution in [0.5, 0.6) is 0 Å². The highest BCUT2D eigenvalue weighted by Gasteiger charge is 2.37. The molecule has 2 aromatic rings. The molecule has 4 nitrogen and oxygen atoms in total. The second-order valence-electron chi connectivity index (χ2n) is 6.00. The third-order valence-corrected chi connectivity index (χ3v) is 4.35. The van der Waals surface area contributed by atoms with Crippen molar-refractivity contribution in [3.8, 4) is 0 Å². The number of fused-ring (bicyclic) bond motifs is 2. The summed E-state index contributed by atoms with van der Waals surface area (Å²) in [5.74, 6) is 0.805. The molecule has 0 spiro atoms. The number of hydrogen-bond donors (Lipinski definition) is 0. The van der Waals surface area contributed by atoms with Crippen LogP contribution in [0, 0.1) is 6.92 Å². The molecule has 1 aliphatic carbocycles. The fourth-order valence-corrected chi connectivity index (χ4v) is 3.24. The lowest BCUT2D eigenvalue weighted by Gasteiger charge is -2.44. The van der Waals surface area contributed by atoms with Gasteiger partial charge < -0.3 is 0 Å². The van der Waals surface area contributed by atoms with Gasteiger partial charge in [-0.3, -0.25) is 4.84 Å². The third-order valence-electron chi connectivity index (χ3n) is 4.35. The zero-order valence-corrected chi connectivity index (χ0v) is 12.6. The molecule has 0 amide bonds. The van der Waals surface area contributed by atoms with Gasteiger partial charge in [0.1, 0.15) is 6.10 Å². The summed E-state index contributed by atoms with van der Waals surface area (Å²) in [4.78, 5) is 6.03. The van der Waals surface area contributed by atoms with Crippen LogP contribution >= 0.6 is 0 Å². The first-order chi connectivity index (χ1) is 10.8. The van der Waals surface area contributed by atoms with Crippen LogP contribution in [-0.2, 0) is 11.3 Å². The number of aryl methyl sites for hydroxylation is 1. The van der Waals surface area contributed by atoms with Gasteiger partial charge in [-0.05, 0) is 49.5 Å². The van der Waals surface area contributed by atoms with Crippen molar-refractivity contribution in [2.45, 2.75) is 38.3 Å². The quantitative estimate of drug-likeness (QED) is 0.814. The molecular formula is C18H19N3O. The van der Waals surface area contributed by atoms with E-state index in [-0.39, 0.29) is 12.1 Å². The molecular weight excluding hydrogens is 274 g/mol. The number of rotatable bonds is 3. The van der Waals surface area contributed by atoms with Crippen molar-refractivity contribution in [3.05, 3.63) is 65.4 Å². The van der Waals surface area contributed by atoms with Crippen molar-refractivity contribution in [1.82, 2.24) is 10.2 Å². The van der Waals surface area contributed by atoms with Gasteiger partial charge in [-0.25, -0.2) is 5.06 Å². The molecule has 0 N–H and O–H groups in total. The van der Waals surface area contributed by atoms with Gasteiger partial charge in [-0.2, -0.15) is 5.10 Å². The normalized spacial score (nSPS) is 23.5. The van der Waals surface area contributed by atoms with Crippen molar-refractivity contribution in [2.75, 3.05) is 5.06 Å². The average Bonchev–Trinajstić information content (AvgIpc) is 2.57. The fraction of sp³-hybridized carbons (Fsp3) is 0.333. The molecule has 3 aliphatic rings. The average molecular weight is 293 g/mol. The molecule has 2 unspecified atom stereocenters. The Labute approximate surface area is 130 Å². The van der Waals surface area contributed by atoms with Gasteiger partial charge in [0.25, 0.3) is 0 Å². The summed E-state index contributed by atoms with van der Waals surface area (Å²) in [6.07, 6.45) is 5.62. The van der Waals surface area contributed by atoms with Gasteiger partial charge >= 0.3 is 0 Å². The smallest absolute Gasteiger partial charge is 0.175 e. The third kappa shape index (κ3) is 2.50. The van der Waals surface area contributed by atoms with E-state index in [0.29, 0.717) is 0 Å². The topological polar surface area (TPSA) is 38.2 Å². The Bertz CT molecular complexity index is 681. The van der Waals surface area contributed by atoms with Crippen LogP contribution < -0.4 is 5.06 Å². The van der Waals surface area contributed by atoms with Crippen molar-refractivity contribution < 1.29 is 4.84 Å². The van der Waals surface area contributed by atoms with Gasteiger partial charge in [-0.1, -0.05) is 36.4 Å². The lowest BCUT2D eigenvalue weighted by Crippen LogP contribution is -2.49. The van der Waals surface area contributed by atoms with Gasteiger partial charge in [-0.15, -0.1) is 5.10 Å². The summed E-state index contributed by atoms with van der Waals surface area (Å²) in [5, 5.41) is 10.4. The molecule has 1 fully saturated rings. The predicted octanol–water partition coefficient (Wildman–Crippen LogP) is 3.24. The number of hydrogen-bond acceptors (Lipinski definition) is 4. The molecule has 1 aromatic carbocycles. The molecule has 1 aromatic heterocycles. The maximum atomic E-state index is 6.03. The van der Waals surface area contributed by atoms with E-state index in [1.165, 1.54) is 11.1 Å². The molecule has 2 aliphatic heterocycles. The van der Waals surface area contributed by atoms with E-state index in [1.54, 1.807) is 0 Å². The maximum absolute atomic E-state index is 6.03. The SMILES string of the molecule is Cc1ccc(N2OC3C=C(Cc4ccccc4)C2CC3)nn1. The Balaban J connectivity index is 1.60. The summed E-state index contributed by atoms with van der Waals surface area (Å²) in [6, 6.07) is 14.8. The molecule has 4 heteroatoms. The Hall–Kier alpha value is -2.20. The largest absolute Gasteiger partial charge is 0.264 e. The molecule has 0 saturated carbocycles. The van der Waals surface area contributed by atoms with Crippen LogP contribution in [0.2, 0.25) is 0 Å². The minimum atomic E-state index is 0.159. The number of anilines is 1. The van der Waals surface area contributed by atoms with Crippen molar-refractivity contribution in [1.29, 1.82) is 0 Å². The minimum absolute atomic E-state index is 0.159. The second kappa shape index (κ2) is 5.54. The minimum Gasteiger partial charge on any atom is -0.264 e. The number of aromatic nitrogens is 2. The van der Waals surface area contributed by atoms with Crippen molar-refractivity contribution in [3.63, 3.8) is 0 Å². The summed E-state index contributed by atoms with van der Waals surface area (Å²) in [7, 11) is 0. The summed E-state index contributed by atoms with van der Waals surface area (Å²) in [6.45, 7) is 1.95. The molecule has 2 bridgehead atoms. The monoisotopic (exact) mass is 293 g/mol. The Morgan fingerprint density at radius 3 is 2.68 bits per heavy atom. The van der Waals surface area contributed by atoms with Gasteiger partial charge in [0.15, 0.2) is 5.82 Å². The van der Waals surface area contributed by atoms with Crippen LogP contribution in [0.4, 0.5) is 5.82 Å². The first-order valence-corrected chi connectivity index (χ1v) is 7.80. The molecule has 5 rings (SSSR count). The predicted molar refractivity (Wildman–Crippen MR) is 85.4 cm³/mol. The Morgan fingerprint density at radius 1 is 1.09 bits per heavy atom. The number of nitrogens with zero attached hydrogens (tertiary/aromatic N) is 3.